The Balaban J connectivity index is 1.72. The van der Waals surface area contributed by atoms with Crippen LogP contribution in [0, 0.1) is 0 Å². The van der Waals surface area contributed by atoms with Crippen LogP contribution in [0.4, 0.5) is 30.7 Å². The van der Waals surface area contributed by atoms with Crippen molar-refractivity contribution in [1.82, 2.24) is 29.6 Å². The lowest BCUT2D eigenvalue weighted by molar-refractivity contribution is -0.275. The number of aryl methyl sites for hydroxylation is 2. The van der Waals surface area contributed by atoms with Crippen molar-refractivity contribution in [3.8, 4) is 28.6 Å². The summed E-state index contributed by atoms with van der Waals surface area (Å²) in [7, 11) is 2.44. The molecule has 4 aromatic rings. The average molecular weight is 657 g/mol. The zero-order chi connectivity index (χ0) is 29.4. The van der Waals surface area contributed by atoms with E-state index in [1.54, 1.807) is 18.2 Å². The summed E-state index contributed by atoms with van der Waals surface area (Å²) in [5.41, 5.74) is -1.12. The predicted molar refractivity (Wildman–Crippen MR) is 131 cm³/mol. The van der Waals surface area contributed by atoms with E-state index in [9.17, 15) is 35.5 Å². The number of aromatic nitrogens is 6. The second-order valence-electron chi connectivity index (χ2n) is 7.91. The molecule has 0 saturated carbocycles. The molecule has 214 valence electrons. The lowest BCUT2D eigenvalue weighted by Crippen LogP contribution is -2.22. The summed E-state index contributed by atoms with van der Waals surface area (Å²) in [5, 5.41) is 11.2. The molecule has 0 N–H and O–H groups in total. The van der Waals surface area contributed by atoms with Crippen molar-refractivity contribution < 1.29 is 40.2 Å². The van der Waals surface area contributed by atoms with E-state index in [-0.39, 0.29) is 16.2 Å². The molecule has 9 nitrogen and oxygen atoms in total. The maximum atomic E-state index is 14.1. The van der Waals surface area contributed by atoms with Gasteiger partial charge in [0.2, 0.25) is 5.75 Å². The van der Waals surface area contributed by atoms with Crippen molar-refractivity contribution in [3.05, 3.63) is 62.5 Å². The van der Waals surface area contributed by atoms with Gasteiger partial charge in [0, 0.05) is 45.9 Å². The minimum atomic E-state index is -5.31. The smallest absolute Gasteiger partial charge is 0.413 e. The number of rotatable bonds is 9. The van der Waals surface area contributed by atoms with Gasteiger partial charge in [-0.2, -0.15) is 23.2 Å². The number of tetrazole rings is 1. The van der Waals surface area contributed by atoms with Gasteiger partial charge >= 0.3 is 18.7 Å². The molecule has 18 heteroatoms. The highest BCUT2D eigenvalue weighted by atomic mass is 79.9. The Labute approximate surface area is 232 Å². The van der Waals surface area contributed by atoms with Gasteiger partial charge in [0.1, 0.15) is 5.69 Å². The number of hydrogen-bond acceptors (Lipinski definition) is 7. The Kier molecular flexibility index (Phi) is 8.48. The van der Waals surface area contributed by atoms with Crippen LogP contribution >= 0.6 is 27.7 Å². The van der Waals surface area contributed by atoms with Crippen LogP contribution in [-0.2, 0) is 19.8 Å². The number of halogens is 8. The standard InChI is InChI=1S/C22H16BrF7N6O3S/c1-34-19(38-20(26)27)17(39-22(28,29)30)16(31-34)10-6-7-15(11(8-10)18(24)25)40-9-12-13(23)4-3-5-14(12)36-21(37)35(2)32-33-36/h3-8,18,20H,9H2,1-2H3. The molecule has 0 amide bonds. The van der Waals surface area contributed by atoms with Crippen LogP contribution in [0.3, 0.4) is 0 Å². The van der Waals surface area contributed by atoms with Crippen LogP contribution in [0.1, 0.15) is 17.6 Å². The van der Waals surface area contributed by atoms with Crippen LogP contribution < -0.4 is 15.2 Å². The number of alkyl halides is 7. The Morgan fingerprint density at radius 1 is 1.05 bits per heavy atom. The molecule has 2 aromatic carbocycles. The molecule has 0 spiro atoms. The second-order valence-corrected chi connectivity index (χ2v) is 9.78. The summed E-state index contributed by atoms with van der Waals surface area (Å²) in [6.07, 6.45) is -8.39. The van der Waals surface area contributed by atoms with Gasteiger partial charge in [0.05, 0.1) is 5.69 Å². The molecule has 4 rings (SSSR count). The molecule has 2 aromatic heterocycles. The van der Waals surface area contributed by atoms with Gasteiger partial charge in [-0.15, -0.1) is 24.9 Å². The maximum Gasteiger partial charge on any atom is 0.573 e. The SMILES string of the molecule is Cn1nc(-c2ccc(SCc3c(Br)cccc3-n3nnn(C)c3=O)c(C(F)F)c2)c(OC(F)(F)F)c1OC(F)F. The van der Waals surface area contributed by atoms with Gasteiger partial charge in [0.15, 0.2) is 0 Å². The van der Waals surface area contributed by atoms with E-state index in [0.717, 1.165) is 34.2 Å². The molecule has 0 radical (unpaired) electrons. The summed E-state index contributed by atoms with van der Waals surface area (Å²) in [6, 6.07) is 8.23. The Morgan fingerprint density at radius 2 is 1.77 bits per heavy atom. The summed E-state index contributed by atoms with van der Waals surface area (Å²) in [4.78, 5) is 12.4. The van der Waals surface area contributed by atoms with E-state index in [2.05, 4.69) is 40.9 Å². The first kappa shape index (κ1) is 29.4. The molecule has 0 aliphatic heterocycles. The quantitative estimate of drug-likeness (QED) is 0.165. The fraction of sp³-hybridized carbons (Fsp3) is 0.273. The molecule has 0 atom stereocenters. The van der Waals surface area contributed by atoms with E-state index >= 15 is 0 Å². The lowest BCUT2D eigenvalue weighted by atomic mass is 10.1. The molecule has 0 unspecified atom stereocenters. The van der Waals surface area contributed by atoms with E-state index in [4.69, 9.17) is 0 Å². The monoisotopic (exact) mass is 656 g/mol. The van der Waals surface area contributed by atoms with Crippen LogP contribution in [0.2, 0.25) is 0 Å². The summed E-state index contributed by atoms with van der Waals surface area (Å²) in [5.74, 6) is -2.18. The van der Waals surface area contributed by atoms with Crippen LogP contribution in [0.15, 0.2) is 50.6 Å². The highest BCUT2D eigenvalue weighted by Gasteiger charge is 2.37. The van der Waals surface area contributed by atoms with Crippen molar-refractivity contribution in [2.75, 3.05) is 0 Å². The van der Waals surface area contributed by atoms with Crippen molar-refractivity contribution in [2.24, 2.45) is 14.1 Å². The molecule has 0 fully saturated rings. The predicted octanol–water partition coefficient (Wildman–Crippen LogP) is 5.86. The first-order chi connectivity index (χ1) is 18.8. The minimum Gasteiger partial charge on any atom is -0.413 e. The summed E-state index contributed by atoms with van der Waals surface area (Å²) in [6.45, 7) is -3.51. The molecule has 40 heavy (non-hydrogen) atoms. The van der Waals surface area contributed by atoms with E-state index < -0.39 is 48.0 Å². The Bertz CT molecular complexity index is 1590. The number of thioether (sulfide) groups is 1. The summed E-state index contributed by atoms with van der Waals surface area (Å²) >= 11 is 4.34. The highest BCUT2D eigenvalue weighted by molar-refractivity contribution is 9.10. The molecule has 0 bridgehead atoms. The van der Waals surface area contributed by atoms with Crippen molar-refractivity contribution >= 4 is 27.7 Å². The van der Waals surface area contributed by atoms with Crippen LogP contribution in [-0.4, -0.2) is 42.5 Å². The number of nitrogens with zero attached hydrogens (tertiary/aromatic N) is 6. The first-order valence-corrected chi connectivity index (χ1v) is 12.6. The average Bonchev–Trinajstić information content (AvgIpc) is 3.35. The lowest BCUT2D eigenvalue weighted by Gasteiger charge is -2.14. The fourth-order valence-electron chi connectivity index (χ4n) is 3.60. The van der Waals surface area contributed by atoms with Gasteiger partial charge in [-0.25, -0.2) is 18.3 Å². The normalized spacial score (nSPS) is 12.0. The molecule has 0 aliphatic carbocycles. The molecular weight excluding hydrogens is 641 g/mol. The fourth-order valence-corrected chi connectivity index (χ4v) is 5.36. The zero-order valence-electron chi connectivity index (χ0n) is 20.2. The van der Waals surface area contributed by atoms with Gasteiger partial charge in [-0.3, -0.25) is 0 Å². The molecular formula is C22H16BrF7N6O3S. The van der Waals surface area contributed by atoms with E-state index in [1.165, 1.54) is 19.2 Å². The van der Waals surface area contributed by atoms with Crippen molar-refractivity contribution in [1.29, 1.82) is 0 Å². The van der Waals surface area contributed by atoms with Gasteiger partial charge < -0.3 is 9.47 Å². The topological polar surface area (TPSA) is 89.0 Å². The molecule has 2 heterocycles. The van der Waals surface area contributed by atoms with Gasteiger partial charge in [-0.05, 0) is 34.7 Å². The van der Waals surface area contributed by atoms with Crippen LogP contribution in [0.5, 0.6) is 11.6 Å². The zero-order valence-corrected chi connectivity index (χ0v) is 22.6. The third-order valence-corrected chi connectivity index (χ3v) is 7.16. The van der Waals surface area contributed by atoms with E-state index in [1.807, 2.05) is 0 Å². The number of ether oxygens (including phenoxy) is 2. The van der Waals surface area contributed by atoms with Crippen molar-refractivity contribution in [2.45, 2.75) is 30.0 Å². The second kappa shape index (κ2) is 11.5. The number of hydrogen-bond donors (Lipinski definition) is 0. The Morgan fingerprint density at radius 3 is 2.38 bits per heavy atom. The minimum absolute atomic E-state index is 0.0604. The van der Waals surface area contributed by atoms with Crippen LogP contribution in [0.25, 0.3) is 16.9 Å². The molecule has 0 saturated heterocycles. The van der Waals surface area contributed by atoms with Gasteiger partial charge in [0.25, 0.3) is 12.3 Å². The Hall–Kier alpha value is -3.54. The maximum absolute atomic E-state index is 14.1. The largest absolute Gasteiger partial charge is 0.573 e. The number of benzene rings is 2. The highest BCUT2D eigenvalue weighted by Crippen LogP contribution is 2.44. The van der Waals surface area contributed by atoms with Gasteiger partial charge in [-0.1, -0.05) is 28.1 Å². The first-order valence-electron chi connectivity index (χ1n) is 10.9. The third-order valence-electron chi connectivity index (χ3n) is 5.31. The molecule has 0 aliphatic rings. The third kappa shape index (κ3) is 6.27. The summed E-state index contributed by atoms with van der Waals surface area (Å²) < 4.78 is 104. The van der Waals surface area contributed by atoms with E-state index in [0.29, 0.717) is 20.4 Å². The van der Waals surface area contributed by atoms with Crippen molar-refractivity contribution in [3.63, 3.8) is 0 Å².